The summed E-state index contributed by atoms with van der Waals surface area (Å²) in [5.41, 5.74) is 0. The number of nitrogens with one attached hydrogen (secondary N) is 1. The van der Waals surface area contributed by atoms with E-state index in [0.29, 0.717) is 0 Å². The zero-order valence-electron chi connectivity index (χ0n) is 10.7. The Labute approximate surface area is 99.3 Å². The Morgan fingerprint density at radius 3 is 2.81 bits per heavy atom. The van der Waals surface area contributed by atoms with E-state index in [4.69, 9.17) is 0 Å². The SMILES string of the molecule is CCCNCCCCn1ccnc1CCC. The van der Waals surface area contributed by atoms with Gasteiger partial charge in [-0.1, -0.05) is 13.8 Å². The summed E-state index contributed by atoms with van der Waals surface area (Å²) >= 11 is 0. The molecule has 0 fully saturated rings. The minimum absolute atomic E-state index is 1.10. The third-order valence-corrected chi connectivity index (χ3v) is 2.70. The summed E-state index contributed by atoms with van der Waals surface area (Å²) in [4.78, 5) is 4.38. The summed E-state index contributed by atoms with van der Waals surface area (Å²) in [6.45, 7) is 7.81. The lowest BCUT2D eigenvalue weighted by molar-refractivity contribution is 0.552. The Balaban J connectivity index is 2.13. The van der Waals surface area contributed by atoms with Gasteiger partial charge in [0.15, 0.2) is 0 Å². The van der Waals surface area contributed by atoms with Crippen LogP contribution in [-0.2, 0) is 13.0 Å². The molecular weight excluding hydrogens is 198 g/mol. The Kier molecular flexibility index (Phi) is 6.90. The molecule has 0 bridgehead atoms. The van der Waals surface area contributed by atoms with Crippen molar-refractivity contribution in [2.45, 2.75) is 52.5 Å². The molecule has 0 aliphatic heterocycles. The summed E-state index contributed by atoms with van der Waals surface area (Å²) in [5.74, 6) is 1.24. The van der Waals surface area contributed by atoms with Crippen LogP contribution in [0, 0.1) is 0 Å². The van der Waals surface area contributed by atoms with Crippen LogP contribution in [0.5, 0.6) is 0 Å². The van der Waals surface area contributed by atoms with Crippen LogP contribution in [0.1, 0.15) is 45.4 Å². The third-order valence-electron chi connectivity index (χ3n) is 2.70. The maximum atomic E-state index is 4.38. The van der Waals surface area contributed by atoms with Crippen molar-refractivity contribution in [3.05, 3.63) is 18.2 Å². The Morgan fingerprint density at radius 2 is 2.06 bits per heavy atom. The summed E-state index contributed by atoms with van der Waals surface area (Å²) in [6, 6.07) is 0. The van der Waals surface area contributed by atoms with Gasteiger partial charge in [0.05, 0.1) is 0 Å². The number of hydrogen-bond donors (Lipinski definition) is 1. The van der Waals surface area contributed by atoms with E-state index in [-0.39, 0.29) is 0 Å². The fourth-order valence-electron chi connectivity index (χ4n) is 1.83. The molecule has 0 unspecified atom stereocenters. The summed E-state index contributed by atoms with van der Waals surface area (Å²) in [7, 11) is 0. The number of hydrogen-bond acceptors (Lipinski definition) is 2. The van der Waals surface area contributed by atoms with E-state index in [1.54, 1.807) is 0 Å². The molecule has 1 aromatic heterocycles. The van der Waals surface area contributed by atoms with Crippen LogP contribution in [-0.4, -0.2) is 22.6 Å². The van der Waals surface area contributed by atoms with Crippen molar-refractivity contribution in [3.63, 3.8) is 0 Å². The van der Waals surface area contributed by atoms with Crippen molar-refractivity contribution in [3.8, 4) is 0 Å². The van der Waals surface area contributed by atoms with Crippen LogP contribution < -0.4 is 5.32 Å². The topological polar surface area (TPSA) is 29.9 Å². The monoisotopic (exact) mass is 223 g/mol. The minimum atomic E-state index is 1.10. The van der Waals surface area contributed by atoms with E-state index >= 15 is 0 Å². The van der Waals surface area contributed by atoms with Crippen LogP contribution in [0.15, 0.2) is 12.4 Å². The van der Waals surface area contributed by atoms with Crippen molar-refractivity contribution >= 4 is 0 Å². The van der Waals surface area contributed by atoms with Crippen LogP contribution in [0.2, 0.25) is 0 Å². The molecule has 0 spiro atoms. The average Bonchev–Trinajstić information content (AvgIpc) is 2.72. The molecule has 0 amide bonds. The Hall–Kier alpha value is -0.830. The first-order chi connectivity index (χ1) is 7.88. The van der Waals surface area contributed by atoms with Crippen LogP contribution in [0.4, 0.5) is 0 Å². The first kappa shape index (κ1) is 13.2. The molecule has 0 radical (unpaired) electrons. The summed E-state index contributed by atoms with van der Waals surface area (Å²) < 4.78 is 2.29. The smallest absolute Gasteiger partial charge is 0.108 e. The van der Waals surface area contributed by atoms with E-state index in [1.807, 2.05) is 6.20 Å². The van der Waals surface area contributed by atoms with Crippen molar-refractivity contribution in [1.29, 1.82) is 0 Å². The van der Waals surface area contributed by atoms with Crippen molar-refractivity contribution in [1.82, 2.24) is 14.9 Å². The number of unbranched alkanes of at least 4 members (excludes halogenated alkanes) is 1. The second-order valence-corrected chi connectivity index (χ2v) is 4.24. The van der Waals surface area contributed by atoms with Gasteiger partial charge in [-0.2, -0.15) is 0 Å². The summed E-state index contributed by atoms with van der Waals surface area (Å²) in [5, 5.41) is 3.43. The van der Waals surface area contributed by atoms with Crippen LogP contribution >= 0.6 is 0 Å². The van der Waals surface area contributed by atoms with Gasteiger partial charge >= 0.3 is 0 Å². The first-order valence-electron chi connectivity index (χ1n) is 6.59. The zero-order chi connectivity index (χ0) is 11.6. The lowest BCUT2D eigenvalue weighted by Gasteiger charge is -2.07. The van der Waals surface area contributed by atoms with E-state index in [0.717, 1.165) is 26.1 Å². The standard InChI is InChI=1S/C13H25N3/c1-3-7-13-15-10-12-16(13)11-6-5-9-14-8-4-2/h10,12,14H,3-9,11H2,1-2H3. The van der Waals surface area contributed by atoms with Gasteiger partial charge in [0.25, 0.3) is 0 Å². The highest BCUT2D eigenvalue weighted by Crippen LogP contribution is 2.03. The number of aryl methyl sites for hydroxylation is 2. The second kappa shape index (κ2) is 8.34. The molecular formula is C13H25N3. The molecule has 3 heteroatoms. The maximum Gasteiger partial charge on any atom is 0.108 e. The molecule has 0 saturated carbocycles. The minimum Gasteiger partial charge on any atom is -0.335 e. The maximum absolute atomic E-state index is 4.38. The predicted octanol–water partition coefficient (Wildman–Crippen LogP) is 2.62. The van der Waals surface area contributed by atoms with Gasteiger partial charge in [0.2, 0.25) is 0 Å². The van der Waals surface area contributed by atoms with Crippen molar-refractivity contribution in [2.24, 2.45) is 0 Å². The van der Waals surface area contributed by atoms with E-state index in [2.05, 4.69) is 34.9 Å². The lowest BCUT2D eigenvalue weighted by Crippen LogP contribution is -2.16. The molecule has 1 N–H and O–H groups in total. The molecule has 0 saturated heterocycles. The molecule has 1 aromatic rings. The number of aromatic nitrogens is 2. The average molecular weight is 223 g/mol. The van der Waals surface area contributed by atoms with Crippen LogP contribution in [0.3, 0.4) is 0 Å². The van der Waals surface area contributed by atoms with E-state index in [1.165, 1.54) is 31.5 Å². The van der Waals surface area contributed by atoms with E-state index in [9.17, 15) is 0 Å². The number of imidazole rings is 1. The molecule has 16 heavy (non-hydrogen) atoms. The molecule has 0 aromatic carbocycles. The summed E-state index contributed by atoms with van der Waals surface area (Å²) in [6.07, 6.45) is 10.0. The molecule has 92 valence electrons. The fraction of sp³-hybridized carbons (Fsp3) is 0.769. The van der Waals surface area contributed by atoms with Gasteiger partial charge in [0.1, 0.15) is 5.82 Å². The quantitative estimate of drug-likeness (QED) is 0.652. The molecule has 3 nitrogen and oxygen atoms in total. The molecule has 0 aliphatic rings. The van der Waals surface area contributed by atoms with Crippen molar-refractivity contribution < 1.29 is 0 Å². The van der Waals surface area contributed by atoms with Gasteiger partial charge < -0.3 is 9.88 Å². The Morgan fingerprint density at radius 1 is 1.19 bits per heavy atom. The van der Waals surface area contributed by atoms with E-state index < -0.39 is 0 Å². The lowest BCUT2D eigenvalue weighted by atomic mass is 10.3. The van der Waals surface area contributed by atoms with Crippen LogP contribution in [0.25, 0.3) is 0 Å². The highest BCUT2D eigenvalue weighted by molar-refractivity contribution is 4.92. The number of rotatable bonds is 9. The first-order valence-corrected chi connectivity index (χ1v) is 6.59. The fourth-order valence-corrected chi connectivity index (χ4v) is 1.83. The third kappa shape index (κ3) is 4.79. The normalized spacial score (nSPS) is 10.9. The van der Waals surface area contributed by atoms with Gasteiger partial charge in [0, 0.05) is 25.4 Å². The molecule has 0 aliphatic carbocycles. The van der Waals surface area contributed by atoms with Gasteiger partial charge in [-0.3, -0.25) is 0 Å². The second-order valence-electron chi connectivity index (χ2n) is 4.24. The Bertz CT molecular complexity index is 268. The zero-order valence-corrected chi connectivity index (χ0v) is 10.7. The van der Waals surface area contributed by atoms with Gasteiger partial charge in [-0.15, -0.1) is 0 Å². The largest absolute Gasteiger partial charge is 0.335 e. The van der Waals surface area contributed by atoms with Gasteiger partial charge in [-0.25, -0.2) is 4.98 Å². The van der Waals surface area contributed by atoms with Crippen molar-refractivity contribution in [2.75, 3.05) is 13.1 Å². The number of nitrogens with zero attached hydrogens (tertiary/aromatic N) is 2. The highest BCUT2D eigenvalue weighted by atomic mass is 15.1. The predicted molar refractivity (Wildman–Crippen MR) is 68.6 cm³/mol. The van der Waals surface area contributed by atoms with Gasteiger partial charge in [-0.05, 0) is 38.8 Å². The highest BCUT2D eigenvalue weighted by Gasteiger charge is 2.00. The molecule has 1 heterocycles. The molecule has 1 rings (SSSR count). The molecule has 0 atom stereocenters.